The summed E-state index contributed by atoms with van der Waals surface area (Å²) in [6, 6.07) is 32.3. The van der Waals surface area contributed by atoms with Crippen LogP contribution in [0.4, 0.5) is 0 Å². The van der Waals surface area contributed by atoms with Gasteiger partial charge < -0.3 is 0 Å². The van der Waals surface area contributed by atoms with Gasteiger partial charge in [-0.1, -0.05) is 91.0 Å². The molecule has 3 aromatic carbocycles. The first-order valence-corrected chi connectivity index (χ1v) is 10.3. The summed E-state index contributed by atoms with van der Waals surface area (Å²) in [7, 11) is 0.846. The summed E-state index contributed by atoms with van der Waals surface area (Å²) in [5.74, 6) is 1.66. The minimum Gasteiger partial charge on any atom is -0.0622 e. The number of hydrogen-bond donors (Lipinski definition) is 0. The number of rotatable bonds is 3. The summed E-state index contributed by atoms with van der Waals surface area (Å²) < 4.78 is 6.51. The first kappa shape index (κ1) is 20.2. The maximum Gasteiger partial charge on any atom is -0.0134 e. The van der Waals surface area contributed by atoms with Gasteiger partial charge in [0.05, 0.1) is 0 Å². The average molecular weight is 542 g/mol. The van der Waals surface area contributed by atoms with Gasteiger partial charge in [0.1, 0.15) is 0 Å². The van der Waals surface area contributed by atoms with Gasteiger partial charge in [-0.05, 0) is 23.8 Å². The molecule has 0 saturated carbocycles. The minimum absolute atomic E-state index is 0.446. The van der Waals surface area contributed by atoms with Crippen LogP contribution < -0.4 is 15.9 Å². The molecule has 26 heavy (non-hydrogen) atoms. The van der Waals surface area contributed by atoms with Crippen molar-refractivity contribution in [2.24, 2.45) is 0 Å². The van der Waals surface area contributed by atoms with E-state index in [1.807, 2.05) is 21.1 Å². The van der Waals surface area contributed by atoms with Gasteiger partial charge in [-0.2, -0.15) is 0 Å². The molecule has 0 N–H and O–H groups in total. The van der Waals surface area contributed by atoms with Crippen LogP contribution in [0.2, 0.25) is 0 Å². The molecule has 0 aromatic heterocycles. The molecular formula is C22H18AuO2P. The van der Waals surface area contributed by atoms with E-state index >= 15 is 0 Å². The molecular weight excluding hydrogens is 524 g/mol. The molecule has 0 bridgehead atoms. The molecule has 0 aliphatic rings. The summed E-state index contributed by atoms with van der Waals surface area (Å²) in [6.45, 7) is 0. The Labute approximate surface area is 168 Å². The van der Waals surface area contributed by atoms with E-state index in [1.165, 1.54) is 23.0 Å². The van der Waals surface area contributed by atoms with Gasteiger partial charge in [-0.25, -0.2) is 0 Å². The maximum absolute atomic E-state index is 10.0. The quantitative estimate of drug-likeness (QED) is 0.220. The minimum atomic E-state index is -0.498. The van der Waals surface area contributed by atoms with Gasteiger partial charge >= 0.3 is 53.7 Å². The molecule has 0 fully saturated rings. The Hall–Kier alpha value is -2.14. The summed E-state index contributed by atoms with van der Waals surface area (Å²) in [5.41, 5.74) is 0. The van der Waals surface area contributed by atoms with Crippen molar-refractivity contribution in [3.8, 4) is 10.1 Å². The number of methoxy groups -OCH3 is 1. The van der Waals surface area contributed by atoms with Crippen LogP contribution in [-0.4, -0.2) is 13.1 Å². The van der Waals surface area contributed by atoms with Crippen molar-refractivity contribution in [2.75, 3.05) is 7.11 Å². The van der Waals surface area contributed by atoms with Crippen molar-refractivity contribution >= 4 is 29.8 Å². The SMILES string of the molecule is COC(=O)C#[C][Au].c1ccc(P(c2ccccc2)c2ccccc2)cc1. The van der Waals surface area contributed by atoms with E-state index in [0.29, 0.717) is 0 Å². The van der Waals surface area contributed by atoms with Crippen LogP contribution >= 0.6 is 7.92 Å². The fourth-order valence-corrected chi connectivity index (χ4v) is 4.79. The molecule has 0 unspecified atom stereocenters. The van der Waals surface area contributed by atoms with Crippen molar-refractivity contribution < 1.29 is 30.6 Å². The van der Waals surface area contributed by atoms with Crippen LogP contribution in [0, 0.1) is 10.1 Å². The molecule has 0 radical (unpaired) electrons. The van der Waals surface area contributed by atoms with Gasteiger partial charge in [0.2, 0.25) is 0 Å². The van der Waals surface area contributed by atoms with E-state index in [1.54, 1.807) is 0 Å². The summed E-state index contributed by atoms with van der Waals surface area (Å²) in [5, 5.41) is 4.19. The number of hydrogen-bond acceptors (Lipinski definition) is 2. The van der Waals surface area contributed by atoms with Gasteiger partial charge in [0.15, 0.2) is 0 Å². The molecule has 0 amide bonds. The molecule has 134 valence electrons. The number of carbonyl (C=O) groups is 1. The Morgan fingerprint density at radius 1 is 0.769 bits per heavy atom. The summed E-state index contributed by atoms with van der Waals surface area (Å²) in [4.78, 5) is 10.0. The molecule has 3 aromatic rings. The van der Waals surface area contributed by atoms with Crippen molar-refractivity contribution in [2.45, 2.75) is 0 Å². The average Bonchev–Trinajstić information content (AvgIpc) is 2.71. The smallest absolute Gasteiger partial charge is 0.0134 e. The predicted octanol–water partition coefficient (Wildman–Crippen LogP) is 3.11. The van der Waals surface area contributed by atoms with Crippen LogP contribution in [0.15, 0.2) is 91.0 Å². The molecule has 0 saturated heterocycles. The van der Waals surface area contributed by atoms with Gasteiger partial charge in [0, 0.05) is 0 Å². The second-order valence-corrected chi connectivity index (χ2v) is 7.80. The van der Waals surface area contributed by atoms with Crippen molar-refractivity contribution in [3.05, 3.63) is 91.0 Å². The molecule has 0 aliphatic heterocycles. The zero-order chi connectivity index (χ0) is 18.6. The van der Waals surface area contributed by atoms with Crippen LogP contribution in [0.5, 0.6) is 0 Å². The Morgan fingerprint density at radius 2 is 1.12 bits per heavy atom. The summed E-state index contributed by atoms with van der Waals surface area (Å²) >= 11 is 1.92. The van der Waals surface area contributed by atoms with Gasteiger partial charge in [-0.3, -0.25) is 0 Å². The molecule has 3 rings (SSSR count). The fourth-order valence-electron chi connectivity index (χ4n) is 2.26. The zero-order valence-corrected chi connectivity index (χ0v) is 17.3. The first-order chi connectivity index (χ1) is 12.8. The zero-order valence-electron chi connectivity index (χ0n) is 14.2. The fraction of sp³-hybridized carbons (Fsp3) is 0.0455. The van der Waals surface area contributed by atoms with E-state index in [2.05, 4.69) is 106 Å². The molecule has 0 atom stereocenters. The number of benzene rings is 3. The number of esters is 1. The van der Waals surface area contributed by atoms with Crippen LogP contribution in [0.1, 0.15) is 0 Å². The standard InChI is InChI=1S/C18H15P.C4H3O2.Au/c1-4-10-16(11-5-1)19(17-12-6-2-7-13-17)18-14-8-3-9-15-18;1-3-4(5)6-2;/h1-15H;2H3;. The molecule has 4 heteroatoms. The second kappa shape index (κ2) is 11.5. The van der Waals surface area contributed by atoms with E-state index in [0.717, 1.165) is 0 Å². The van der Waals surface area contributed by atoms with Crippen LogP contribution in [0.25, 0.3) is 0 Å². The monoisotopic (exact) mass is 542 g/mol. The topological polar surface area (TPSA) is 26.3 Å². The Balaban J connectivity index is 0.000000298. The third-order valence-corrected chi connectivity index (χ3v) is 6.08. The van der Waals surface area contributed by atoms with Crippen LogP contribution in [-0.2, 0) is 30.6 Å². The maximum atomic E-state index is 10.0. The van der Waals surface area contributed by atoms with E-state index in [4.69, 9.17) is 0 Å². The van der Waals surface area contributed by atoms with Crippen molar-refractivity contribution in [1.82, 2.24) is 0 Å². The number of carbonyl (C=O) groups excluding carboxylic acids is 1. The second-order valence-electron chi connectivity index (χ2n) is 5.03. The molecule has 0 spiro atoms. The van der Waals surface area contributed by atoms with Gasteiger partial charge in [-0.15, -0.1) is 0 Å². The van der Waals surface area contributed by atoms with E-state index in [9.17, 15) is 4.79 Å². The first-order valence-electron chi connectivity index (χ1n) is 7.87. The van der Waals surface area contributed by atoms with Crippen LogP contribution in [0.3, 0.4) is 0 Å². The van der Waals surface area contributed by atoms with E-state index < -0.39 is 13.9 Å². The largest absolute Gasteiger partial charge is 0.0622 e. The number of ether oxygens (including phenoxy) is 1. The molecule has 0 heterocycles. The Kier molecular flexibility index (Phi) is 8.90. The molecule has 0 aliphatic carbocycles. The van der Waals surface area contributed by atoms with Crippen molar-refractivity contribution in [3.63, 3.8) is 0 Å². The van der Waals surface area contributed by atoms with Crippen molar-refractivity contribution in [1.29, 1.82) is 0 Å². The Bertz CT molecular complexity index is 762. The third kappa shape index (κ3) is 6.30. The normalized spacial score (nSPS) is 9.38. The third-order valence-electron chi connectivity index (χ3n) is 3.37. The predicted molar refractivity (Wildman–Crippen MR) is 105 cm³/mol. The van der Waals surface area contributed by atoms with Gasteiger partial charge in [0.25, 0.3) is 0 Å². The Morgan fingerprint density at radius 3 is 1.35 bits per heavy atom. The molecule has 2 nitrogen and oxygen atoms in total. The van der Waals surface area contributed by atoms with E-state index in [-0.39, 0.29) is 0 Å². The summed E-state index contributed by atoms with van der Waals surface area (Å²) in [6.07, 6.45) is 0.